The fourth-order valence-corrected chi connectivity index (χ4v) is 2.72. The number of benzene rings is 2. The first-order valence-electron chi connectivity index (χ1n) is 7.98. The molecule has 26 heavy (non-hydrogen) atoms. The van der Waals surface area contributed by atoms with Crippen LogP contribution in [0.15, 0.2) is 48.5 Å². The van der Waals surface area contributed by atoms with Crippen LogP contribution in [0.2, 0.25) is 0 Å². The number of halogens is 3. The van der Waals surface area contributed by atoms with Gasteiger partial charge in [-0.25, -0.2) is 0 Å². The molecule has 2 aromatic carbocycles. The van der Waals surface area contributed by atoms with Crippen molar-refractivity contribution in [3.8, 4) is 0 Å². The smallest absolute Gasteiger partial charge is 0.331 e. The highest BCUT2D eigenvalue weighted by Crippen LogP contribution is 2.33. The number of amides is 1. The highest BCUT2D eigenvalue weighted by molar-refractivity contribution is 5.98. The molecule has 0 spiro atoms. The molecule has 0 saturated heterocycles. The van der Waals surface area contributed by atoms with E-state index in [0.29, 0.717) is 5.56 Å². The van der Waals surface area contributed by atoms with Gasteiger partial charge in [-0.1, -0.05) is 24.3 Å². The third-order valence-electron chi connectivity index (χ3n) is 4.21. The van der Waals surface area contributed by atoms with Gasteiger partial charge >= 0.3 is 6.18 Å². The van der Waals surface area contributed by atoms with Crippen molar-refractivity contribution in [1.29, 1.82) is 0 Å². The molecule has 0 unspecified atom stereocenters. The predicted molar refractivity (Wildman–Crippen MR) is 87.4 cm³/mol. The van der Waals surface area contributed by atoms with E-state index in [2.05, 4.69) is 0 Å². The molecule has 5 nitrogen and oxygen atoms in total. The van der Waals surface area contributed by atoms with E-state index < -0.39 is 22.6 Å². The molecule has 3 rings (SSSR count). The highest BCUT2D eigenvalue weighted by Gasteiger charge is 2.35. The molecule has 2 aromatic rings. The highest BCUT2D eigenvalue weighted by atomic mass is 19.4. The topological polar surface area (TPSA) is 63.4 Å². The standard InChI is InChI=1S/C18H15F3N2O3/c19-18(20,21)13-7-5-12(6-8-13)11-22(14-9-10-14)17(24)15-3-1-2-4-16(15)23(25)26/h1-8,14H,9-11H2. The first-order valence-corrected chi connectivity index (χ1v) is 7.98. The van der Waals surface area contributed by atoms with Crippen molar-refractivity contribution in [1.82, 2.24) is 4.90 Å². The molecule has 1 aliphatic rings. The Morgan fingerprint density at radius 1 is 1.12 bits per heavy atom. The lowest BCUT2D eigenvalue weighted by Crippen LogP contribution is -2.33. The second-order valence-electron chi connectivity index (χ2n) is 6.13. The van der Waals surface area contributed by atoms with Crippen LogP contribution in [-0.2, 0) is 12.7 Å². The Bertz CT molecular complexity index is 830. The molecule has 0 atom stereocenters. The molecule has 0 aromatic heterocycles. The van der Waals surface area contributed by atoms with Crippen molar-refractivity contribution in [3.63, 3.8) is 0 Å². The lowest BCUT2D eigenvalue weighted by molar-refractivity contribution is -0.385. The van der Waals surface area contributed by atoms with Crippen molar-refractivity contribution in [3.05, 3.63) is 75.3 Å². The van der Waals surface area contributed by atoms with Crippen LogP contribution in [-0.4, -0.2) is 21.8 Å². The summed E-state index contributed by atoms with van der Waals surface area (Å²) in [4.78, 5) is 24.9. The Balaban J connectivity index is 1.84. The zero-order valence-corrected chi connectivity index (χ0v) is 13.6. The predicted octanol–water partition coefficient (Wildman–Crippen LogP) is 4.42. The Morgan fingerprint density at radius 2 is 1.73 bits per heavy atom. The maximum Gasteiger partial charge on any atom is 0.416 e. The first kappa shape index (κ1) is 17.9. The minimum absolute atomic E-state index is 0.0173. The average Bonchev–Trinajstić information content (AvgIpc) is 3.43. The van der Waals surface area contributed by atoms with Crippen LogP contribution in [0, 0.1) is 10.1 Å². The SMILES string of the molecule is O=C(c1ccccc1[N+](=O)[O-])N(Cc1ccc(C(F)(F)F)cc1)C1CC1. The van der Waals surface area contributed by atoms with Crippen LogP contribution in [0.1, 0.15) is 34.3 Å². The lowest BCUT2D eigenvalue weighted by Gasteiger charge is -2.23. The molecule has 1 aliphatic carbocycles. The van der Waals surface area contributed by atoms with Crippen molar-refractivity contribution in [2.45, 2.75) is 31.6 Å². The molecule has 0 radical (unpaired) electrons. The molecule has 1 fully saturated rings. The maximum absolute atomic E-state index is 12.8. The quantitative estimate of drug-likeness (QED) is 0.583. The van der Waals surface area contributed by atoms with Crippen molar-refractivity contribution in [2.75, 3.05) is 0 Å². The third kappa shape index (κ3) is 3.84. The Kier molecular flexibility index (Phi) is 4.67. The van der Waals surface area contributed by atoms with E-state index >= 15 is 0 Å². The van der Waals surface area contributed by atoms with E-state index in [9.17, 15) is 28.1 Å². The summed E-state index contributed by atoms with van der Waals surface area (Å²) in [5.74, 6) is -0.486. The van der Waals surface area contributed by atoms with E-state index in [-0.39, 0.29) is 23.8 Å². The summed E-state index contributed by atoms with van der Waals surface area (Å²) in [6, 6.07) is 10.2. The number of alkyl halides is 3. The molecule has 0 N–H and O–H groups in total. The minimum atomic E-state index is -4.42. The minimum Gasteiger partial charge on any atom is -0.331 e. The van der Waals surface area contributed by atoms with Crippen molar-refractivity contribution >= 4 is 11.6 Å². The number of carbonyl (C=O) groups is 1. The number of nitro benzene ring substituents is 1. The molecular weight excluding hydrogens is 349 g/mol. The molecule has 0 heterocycles. The molecular formula is C18H15F3N2O3. The average molecular weight is 364 g/mol. The summed E-state index contributed by atoms with van der Waals surface area (Å²) >= 11 is 0. The van der Waals surface area contributed by atoms with Crippen LogP contribution in [0.4, 0.5) is 18.9 Å². The number of carbonyl (C=O) groups excluding carboxylic acids is 1. The van der Waals surface area contributed by atoms with Gasteiger partial charge in [-0.15, -0.1) is 0 Å². The van der Waals surface area contributed by atoms with Crippen molar-refractivity contribution in [2.24, 2.45) is 0 Å². The lowest BCUT2D eigenvalue weighted by atomic mass is 10.1. The van der Waals surface area contributed by atoms with E-state index in [1.54, 1.807) is 6.07 Å². The van der Waals surface area contributed by atoms with Gasteiger partial charge in [-0.05, 0) is 36.6 Å². The van der Waals surface area contributed by atoms with Gasteiger partial charge in [0.25, 0.3) is 11.6 Å². The molecule has 0 aliphatic heterocycles. The second kappa shape index (κ2) is 6.78. The normalized spacial score (nSPS) is 14.1. The fourth-order valence-electron chi connectivity index (χ4n) is 2.72. The van der Waals surface area contributed by atoms with Gasteiger partial charge in [-0.3, -0.25) is 14.9 Å². The van der Waals surface area contributed by atoms with Gasteiger partial charge in [0.15, 0.2) is 0 Å². The van der Waals surface area contributed by atoms with Crippen LogP contribution in [0.5, 0.6) is 0 Å². The van der Waals surface area contributed by atoms with Crippen LogP contribution >= 0.6 is 0 Å². The van der Waals surface area contributed by atoms with Crippen molar-refractivity contribution < 1.29 is 22.9 Å². The summed E-state index contributed by atoms with van der Waals surface area (Å²) in [5, 5.41) is 11.2. The van der Waals surface area contributed by atoms with Crippen LogP contribution in [0.25, 0.3) is 0 Å². The zero-order chi connectivity index (χ0) is 18.9. The Morgan fingerprint density at radius 3 is 2.27 bits per heavy atom. The first-order chi connectivity index (χ1) is 12.3. The van der Waals surface area contributed by atoms with Gasteiger partial charge in [0, 0.05) is 18.7 Å². The van der Waals surface area contributed by atoms with E-state index in [1.807, 2.05) is 0 Å². The fraction of sp³-hybridized carbons (Fsp3) is 0.278. The number of nitrogens with zero attached hydrogens (tertiary/aromatic N) is 2. The molecule has 1 amide bonds. The summed E-state index contributed by atoms with van der Waals surface area (Å²) in [5.41, 5.74) is -0.520. The summed E-state index contributed by atoms with van der Waals surface area (Å²) in [6.45, 7) is 0.105. The Hall–Kier alpha value is -2.90. The van der Waals surface area contributed by atoms with Gasteiger partial charge in [0.1, 0.15) is 5.56 Å². The largest absolute Gasteiger partial charge is 0.416 e. The van der Waals surface area contributed by atoms with Crippen LogP contribution in [0.3, 0.4) is 0 Å². The monoisotopic (exact) mass is 364 g/mol. The Labute approximate surface area is 147 Å². The maximum atomic E-state index is 12.8. The molecule has 8 heteroatoms. The van der Waals surface area contributed by atoms with Gasteiger partial charge < -0.3 is 4.90 Å². The van der Waals surface area contributed by atoms with E-state index in [0.717, 1.165) is 25.0 Å². The van der Waals surface area contributed by atoms with Crippen LogP contribution < -0.4 is 0 Å². The number of para-hydroxylation sites is 1. The number of hydrogen-bond acceptors (Lipinski definition) is 3. The molecule has 136 valence electrons. The summed E-state index contributed by atoms with van der Waals surface area (Å²) in [6.07, 6.45) is -2.88. The molecule has 1 saturated carbocycles. The van der Waals surface area contributed by atoms with E-state index in [1.165, 1.54) is 35.2 Å². The summed E-state index contributed by atoms with van der Waals surface area (Å²) < 4.78 is 38.0. The van der Waals surface area contributed by atoms with E-state index in [4.69, 9.17) is 0 Å². The molecule has 0 bridgehead atoms. The van der Waals surface area contributed by atoms with Gasteiger partial charge in [0.2, 0.25) is 0 Å². The third-order valence-corrected chi connectivity index (χ3v) is 4.21. The number of nitro groups is 1. The van der Waals surface area contributed by atoms with Gasteiger partial charge in [0.05, 0.1) is 10.5 Å². The number of hydrogen-bond donors (Lipinski definition) is 0. The zero-order valence-electron chi connectivity index (χ0n) is 13.6. The van der Waals surface area contributed by atoms with Gasteiger partial charge in [-0.2, -0.15) is 13.2 Å². The second-order valence-corrected chi connectivity index (χ2v) is 6.13. The summed E-state index contributed by atoms with van der Waals surface area (Å²) in [7, 11) is 0. The number of rotatable bonds is 5.